The maximum absolute atomic E-state index is 12.5. The number of fused-ring (bicyclic) bond motifs is 1. The number of hydrogen-bond acceptors (Lipinski definition) is 7. The number of halogens is 3. The van der Waals surface area contributed by atoms with Crippen molar-refractivity contribution in [2.24, 2.45) is 0 Å². The molecule has 0 atom stereocenters. The lowest BCUT2D eigenvalue weighted by atomic mass is 10.1. The fourth-order valence-electron chi connectivity index (χ4n) is 4.30. The number of hydrogen-bond donors (Lipinski definition) is 4. The third kappa shape index (κ3) is 7.53. The summed E-state index contributed by atoms with van der Waals surface area (Å²) in [5, 5.41) is 17.4. The van der Waals surface area contributed by atoms with E-state index >= 15 is 0 Å². The van der Waals surface area contributed by atoms with E-state index in [0.29, 0.717) is 11.5 Å². The maximum Gasteiger partial charge on any atom is 0.490 e. The van der Waals surface area contributed by atoms with Gasteiger partial charge in [-0.05, 0) is 60.9 Å². The van der Waals surface area contributed by atoms with Crippen LogP contribution in [-0.2, 0) is 16.1 Å². The van der Waals surface area contributed by atoms with Crippen LogP contribution in [0.3, 0.4) is 0 Å². The van der Waals surface area contributed by atoms with Crippen LogP contribution in [0.5, 0.6) is 0 Å². The van der Waals surface area contributed by atoms with Crippen molar-refractivity contribution >= 4 is 34.7 Å². The number of benzene rings is 2. The second-order valence-electron chi connectivity index (χ2n) is 9.60. The number of urea groups is 1. The Morgan fingerprint density at radius 2 is 1.62 bits per heavy atom. The van der Waals surface area contributed by atoms with Crippen molar-refractivity contribution in [1.82, 2.24) is 19.5 Å². The predicted molar refractivity (Wildman–Crippen MR) is 151 cm³/mol. The van der Waals surface area contributed by atoms with Gasteiger partial charge in [-0.3, -0.25) is 4.90 Å². The SMILES string of the molecule is Cc1ccc(NC(=O)Nc2ccc(-c3cc(CN4CCOCC4)n4ncnc(N)c34)cc2)cc1C.O=C(O)C(F)(F)F. The lowest BCUT2D eigenvalue weighted by Crippen LogP contribution is -2.36. The highest BCUT2D eigenvalue weighted by Crippen LogP contribution is 2.31. The molecule has 0 saturated carbocycles. The van der Waals surface area contributed by atoms with Crippen LogP contribution in [0.1, 0.15) is 16.8 Å². The van der Waals surface area contributed by atoms with Crippen LogP contribution >= 0.6 is 0 Å². The second kappa shape index (κ2) is 12.9. The zero-order chi connectivity index (χ0) is 30.4. The number of aryl methyl sites for hydroxylation is 2. The van der Waals surface area contributed by atoms with Crippen molar-refractivity contribution in [3.05, 3.63) is 71.7 Å². The standard InChI is InChI=1S/C26H29N7O2.C2HF3O2/c1-17-3-6-21(13-18(17)2)31-26(34)30-20-7-4-19(5-8-20)23-14-22(15-32-9-11-35-12-10-32)33-24(23)25(27)28-16-29-33;3-2(4,5)1(6)7/h3-8,13-14,16H,9-12,15H2,1-2H3,(H2,27,28,29)(H2,30,31,34);(H,6,7). The monoisotopic (exact) mass is 585 g/mol. The Kier molecular flexibility index (Phi) is 9.28. The van der Waals surface area contributed by atoms with E-state index in [9.17, 15) is 18.0 Å². The Morgan fingerprint density at radius 3 is 2.24 bits per heavy atom. The molecule has 1 saturated heterocycles. The smallest absolute Gasteiger partial charge is 0.475 e. The second-order valence-corrected chi connectivity index (χ2v) is 9.60. The molecule has 5 N–H and O–H groups in total. The summed E-state index contributed by atoms with van der Waals surface area (Å²) >= 11 is 0. The van der Waals surface area contributed by atoms with Crippen LogP contribution in [-0.4, -0.2) is 69.1 Å². The number of nitrogens with zero attached hydrogens (tertiary/aromatic N) is 4. The highest BCUT2D eigenvalue weighted by atomic mass is 19.4. The van der Waals surface area contributed by atoms with Gasteiger partial charge in [0, 0.05) is 36.6 Å². The topological polar surface area (TPSA) is 147 Å². The number of nitrogens with two attached hydrogens (primary N) is 1. The Balaban J connectivity index is 0.000000517. The molecule has 2 amide bonds. The zero-order valence-electron chi connectivity index (χ0n) is 22.9. The van der Waals surface area contributed by atoms with Gasteiger partial charge in [-0.2, -0.15) is 18.3 Å². The normalized spacial score (nSPS) is 13.7. The van der Waals surface area contributed by atoms with E-state index in [0.717, 1.165) is 66.4 Å². The number of aromatic nitrogens is 3. The summed E-state index contributed by atoms with van der Waals surface area (Å²) in [6.45, 7) is 8.05. The number of amides is 2. The highest BCUT2D eigenvalue weighted by Gasteiger charge is 2.38. The lowest BCUT2D eigenvalue weighted by Gasteiger charge is -2.26. The molecule has 0 aliphatic carbocycles. The molecule has 0 radical (unpaired) electrons. The van der Waals surface area contributed by atoms with E-state index in [1.165, 1.54) is 11.9 Å². The van der Waals surface area contributed by atoms with Crippen LogP contribution in [0.4, 0.5) is 35.2 Å². The minimum atomic E-state index is -5.08. The summed E-state index contributed by atoms with van der Waals surface area (Å²) < 4.78 is 39.1. The molecule has 11 nitrogen and oxygen atoms in total. The number of carboxylic acid groups (broad SMARTS) is 1. The van der Waals surface area contributed by atoms with Gasteiger partial charge in [0.1, 0.15) is 11.8 Å². The molecule has 42 heavy (non-hydrogen) atoms. The summed E-state index contributed by atoms with van der Waals surface area (Å²) in [4.78, 5) is 27.9. The molecule has 222 valence electrons. The molecule has 2 aromatic heterocycles. The van der Waals surface area contributed by atoms with E-state index in [1.807, 2.05) is 60.8 Å². The van der Waals surface area contributed by atoms with Crippen LogP contribution < -0.4 is 16.4 Å². The predicted octanol–water partition coefficient (Wildman–Crippen LogP) is 4.70. The molecular weight excluding hydrogens is 555 g/mol. The lowest BCUT2D eigenvalue weighted by molar-refractivity contribution is -0.192. The first-order chi connectivity index (χ1) is 19.9. The Hall–Kier alpha value is -4.69. The molecule has 2 aromatic carbocycles. The maximum atomic E-state index is 12.5. The zero-order valence-corrected chi connectivity index (χ0v) is 22.9. The number of nitrogen functional groups attached to an aromatic ring is 1. The molecule has 0 spiro atoms. The third-order valence-electron chi connectivity index (χ3n) is 6.61. The fraction of sp³-hybridized carbons (Fsp3) is 0.286. The summed E-state index contributed by atoms with van der Waals surface area (Å²) in [7, 11) is 0. The third-order valence-corrected chi connectivity index (χ3v) is 6.61. The first-order valence-electron chi connectivity index (χ1n) is 12.9. The summed E-state index contributed by atoms with van der Waals surface area (Å²) in [6, 6.07) is 15.3. The van der Waals surface area contributed by atoms with Gasteiger partial charge in [-0.15, -0.1) is 0 Å². The van der Waals surface area contributed by atoms with Crippen molar-refractivity contribution < 1.29 is 32.6 Å². The van der Waals surface area contributed by atoms with Crippen molar-refractivity contribution in [1.29, 1.82) is 0 Å². The quantitative estimate of drug-likeness (QED) is 0.264. The van der Waals surface area contributed by atoms with Crippen LogP contribution in [0.15, 0.2) is 54.9 Å². The minimum absolute atomic E-state index is 0.291. The van der Waals surface area contributed by atoms with Gasteiger partial charge in [0.05, 0.1) is 18.9 Å². The number of carboxylic acids is 1. The molecule has 5 rings (SSSR count). The van der Waals surface area contributed by atoms with Crippen molar-refractivity contribution in [2.75, 3.05) is 42.7 Å². The molecule has 4 aromatic rings. The molecular formula is C28H30F3N7O4. The average molecular weight is 586 g/mol. The minimum Gasteiger partial charge on any atom is -0.475 e. The fourth-order valence-corrected chi connectivity index (χ4v) is 4.30. The van der Waals surface area contributed by atoms with E-state index < -0.39 is 12.1 Å². The Labute approximate surface area is 239 Å². The average Bonchev–Trinajstić information content (AvgIpc) is 3.31. The molecule has 0 unspecified atom stereocenters. The molecule has 3 heterocycles. The Morgan fingerprint density at radius 1 is 1.00 bits per heavy atom. The van der Waals surface area contributed by atoms with Gasteiger partial charge in [0.2, 0.25) is 0 Å². The van der Waals surface area contributed by atoms with E-state index in [2.05, 4.69) is 31.7 Å². The van der Waals surface area contributed by atoms with Gasteiger partial charge in [-0.1, -0.05) is 18.2 Å². The largest absolute Gasteiger partial charge is 0.490 e. The molecule has 14 heteroatoms. The van der Waals surface area contributed by atoms with Gasteiger partial charge in [0.15, 0.2) is 5.82 Å². The van der Waals surface area contributed by atoms with Crippen molar-refractivity contribution in [2.45, 2.75) is 26.6 Å². The molecule has 1 aliphatic heterocycles. The number of carbonyl (C=O) groups excluding carboxylic acids is 1. The van der Waals surface area contributed by atoms with E-state index in [1.54, 1.807) is 0 Å². The van der Waals surface area contributed by atoms with E-state index in [4.69, 9.17) is 20.4 Å². The summed E-state index contributed by atoms with van der Waals surface area (Å²) in [5.41, 5.74) is 13.8. The number of carbonyl (C=O) groups is 2. The van der Waals surface area contributed by atoms with E-state index in [-0.39, 0.29) is 6.03 Å². The van der Waals surface area contributed by atoms with Crippen LogP contribution in [0.25, 0.3) is 16.6 Å². The van der Waals surface area contributed by atoms with Crippen molar-refractivity contribution in [3.8, 4) is 11.1 Å². The van der Waals surface area contributed by atoms with Gasteiger partial charge in [0.25, 0.3) is 0 Å². The van der Waals surface area contributed by atoms with Crippen LogP contribution in [0.2, 0.25) is 0 Å². The van der Waals surface area contributed by atoms with Gasteiger partial charge >= 0.3 is 18.2 Å². The molecule has 0 bridgehead atoms. The van der Waals surface area contributed by atoms with Crippen molar-refractivity contribution in [3.63, 3.8) is 0 Å². The molecule has 1 fully saturated rings. The summed E-state index contributed by atoms with van der Waals surface area (Å²) in [6.07, 6.45) is -3.60. The number of rotatable bonds is 5. The number of alkyl halides is 3. The number of nitrogens with one attached hydrogen (secondary N) is 2. The van der Waals surface area contributed by atoms with Gasteiger partial charge in [-0.25, -0.2) is 19.1 Å². The number of aliphatic carboxylic acids is 1. The number of morpholine rings is 1. The first kappa shape index (κ1) is 30.3. The number of ether oxygens (including phenoxy) is 1. The van der Waals surface area contributed by atoms with Gasteiger partial charge < -0.3 is 26.2 Å². The first-order valence-corrected chi connectivity index (χ1v) is 12.9. The van der Waals surface area contributed by atoms with Crippen LogP contribution in [0, 0.1) is 13.8 Å². The molecule has 1 aliphatic rings. The number of anilines is 3. The highest BCUT2D eigenvalue weighted by molar-refractivity contribution is 6.00. The summed E-state index contributed by atoms with van der Waals surface area (Å²) in [5.74, 6) is -2.33. The Bertz CT molecular complexity index is 1570.